The van der Waals surface area contributed by atoms with Gasteiger partial charge in [-0.3, -0.25) is 0 Å². The van der Waals surface area contributed by atoms with E-state index in [9.17, 15) is 5.11 Å². The maximum absolute atomic E-state index is 10.2. The molecule has 0 saturated carbocycles. The van der Waals surface area contributed by atoms with Gasteiger partial charge >= 0.3 is 45.6 Å². The molecule has 0 spiro atoms. The van der Waals surface area contributed by atoms with Crippen molar-refractivity contribution in [2.24, 2.45) is 16.7 Å². The summed E-state index contributed by atoms with van der Waals surface area (Å²) in [6, 6.07) is 0. The van der Waals surface area contributed by atoms with Crippen LogP contribution in [0.15, 0.2) is 0 Å². The van der Waals surface area contributed by atoms with Crippen LogP contribution in [0.2, 0.25) is 0 Å². The van der Waals surface area contributed by atoms with Crippen molar-refractivity contribution in [3.05, 3.63) is 12.8 Å². The molecule has 0 aromatic heterocycles. The molecule has 0 aliphatic heterocycles. The van der Waals surface area contributed by atoms with Crippen molar-refractivity contribution >= 4 is 4.35 Å². The van der Waals surface area contributed by atoms with Crippen LogP contribution in [-0.2, 0) is 70.8 Å². The molecule has 0 rings (SSSR count). The number of nitrogens with zero attached hydrogens (tertiary/aromatic N) is 1. The molecule has 0 amide bonds. The first-order valence-electron chi connectivity index (χ1n) is 6.94. The number of hydrogen-bond donors (Lipinski definition) is 2. The number of hydroxylamine groups is 2. The Morgan fingerprint density at radius 3 is 1.64 bits per heavy atom. The van der Waals surface area contributed by atoms with Gasteiger partial charge in [0, 0.05) is 59.9 Å². The summed E-state index contributed by atoms with van der Waals surface area (Å²) in [6.07, 6.45) is -0.368. The van der Waals surface area contributed by atoms with E-state index in [-0.39, 0.29) is 76.6 Å². The summed E-state index contributed by atoms with van der Waals surface area (Å²) < 4.78 is 0.836. The summed E-state index contributed by atoms with van der Waals surface area (Å²) in [4.78, 5) is 0. The Bertz CT molecular complexity index is 305. The van der Waals surface area contributed by atoms with E-state index >= 15 is 0 Å². The number of aliphatic hydroxyl groups excluding tert-OH is 1. The van der Waals surface area contributed by atoms with Crippen molar-refractivity contribution in [3.63, 3.8) is 0 Å². The van der Waals surface area contributed by atoms with E-state index in [4.69, 9.17) is 5.21 Å². The molecule has 0 heterocycles. The zero-order chi connectivity index (χ0) is 16.9. The van der Waals surface area contributed by atoms with Crippen LogP contribution in [0.1, 0.15) is 55.4 Å². The summed E-state index contributed by atoms with van der Waals surface area (Å²) in [5.41, 5.74) is -0.222. The Kier molecular flexibility index (Phi) is 19.3. The molecule has 1 unspecified atom stereocenters. The van der Waals surface area contributed by atoms with Gasteiger partial charge in [0.2, 0.25) is 0 Å². The third-order valence-corrected chi connectivity index (χ3v) is 4.62. The van der Waals surface area contributed by atoms with Gasteiger partial charge in [-0.25, -0.2) is 0 Å². The first kappa shape index (κ1) is 31.9. The van der Waals surface area contributed by atoms with Crippen molar-refractivity contribution in [3.8, 4) is 0 Å². The van der Waals surface area contributed by atoms with Crippen LogP contribution >= 0.6 is 0 Å². The molecule has 130 valence electrons. The largest absolute Gasteiger partial charge is 0.395 e. The zero-order valence-electron chi connectivity index (χ0n) is 15.6. The van der Waals surface area contributed by atoms with Gasteiger partial charge in [-0.05, 0) is 5.92 Å². The third-order valence-electron chi connectivity index (χ3n) is 4.17. The third kappa shape index (κ3) is 12.5. The van der Waals surface area contributed by atoms with Crippen LogP contribution in [0.5, 0.6) is 0 Å². The average Bonchev–Trinajstić information content (AvgIpc) is 2.26. The predicted octanol–water partition coefficient (Wildman–Crippen LogP) is 3.48. The molecule has 6 heteroatoms. The molecule has 0 fully saturated rings. The maximum Gasteiger partial charge on any atom is 0.0324 e. The summed E-state index contributed by atoms with van der Waals surface area (Å²) >= 11 is 2.23. The van der Waals surface area contributed by atoms with Crippen LogP contribution in [0.3, 0.4) is 0 Å². The standard InChI is InChI=1S/C13H26O.C3H7NO.V.W.Y/c1-9(2)13(7,8)10(3)11(14)12(4,5)6;1-3-4(2)5;;;/h10-11,14H,4H2,1-3,5-8H3;5H,1-2H3;;;/q-2;;;;/t10?,11-;;;;/m0..../s1. The topological polar surface area (TPSA) is 43.7 Å². The molecule has 0 aliphatic carbocycles. The Morgan fingerprint density at radius 1 is 1.23 bits per heavy atom. The Morgan fingerprint density at radius 2 is 1.50 bits per heavy atom. The van der Waals surface area contributed by atoms with Gasteiger partial charge in [0.1, 0.15) is 0 Å². The molecule has 0 saturated heterocycles. The van der Waals surface area contributed by atoms with Crippen LogP contribution in [0, 0.1) is 29.6 Å². The molecular weight excluding hydrogens is 562 g/mol. The van der Waals surface area contributed by atoms with Crippen molar-refractivity contribution in [2.75, 3.05) is 7.05 Å². The van der Waals surface area contributed by atoms with Crippen LogP contribution < -0.4 is 0 Å². The number of hydrogen-bond acceptors (Lipinski definition) is 3. The average molecular weight is 595 g/mol. The number of rotatable bonds is 5. The van der Waals surface area contributed by atoms with E-state index < -0.39 is 0 Å². The van der Waals surface area contributed by atoms with Crippen LogP contribution in [0.4, 0.5) is 0 Å². The smallest absolute Gasteiger partial charge is 0.0324 e. The number of aliphatic hydroxyl groups is 1. The molecule has 0 bridgehead atoms. The van der Waals surface area contributed by atoms with Gasteiger partial charge in [0.05, 0.1) is 0 Å². The van der Waals surface area contributed by atoms with E-state index in [0.717, 1.165) is 9.41 Å². The van der Waals surface area contributed by atoms with E-state index in [1.54, 1.807) is 14.0 Å². The second-order valence-corrected chi connectivity index (χ2v) is 8.03. The second kappa shape index (κ2) is 13.3. The minimum Gasteiger partial charge on any atom is -0.395 e. The van der Waals surface area contributed by atoms with Crippen molar-refractivity contribution in [1.82, 2.24) is 5.06 Å². The van der Waals surface area contributed by atoms with Gasteiger partial charge in [-0.1, -0.05) is 34.6 Å². The SMILES string of the molecule is C[C](=[V])N(C)O.[CH2-]C(C)(C)[C@@H](O)C(C)C(C)(C)[C-](C)C.[W].[Y]. The summed E-state index contributed by atoms with van der Waals surface area (Å²) in [7, 11) is 1.58. The van der Waals surface area contributed by atoms with Crippen molar-refractivity contribution in [1.29, 1.82) is 0 Å². The fraction of sp³-hybridized carbons (Fsp3) is 0.812. The van der Waals surface area contributed by atoms with E-state index in [1.807, 2.05) is 13.8 Å². The molecular formula is C16H33NO2VWY-2. The zero-order valence-corrected chi connectivity index (χ0v) is 22.8. The summed E-state index contributed by atoms with van der Waals surface area (Å²) in [5, 5.41) is 19.6. The monoisotopic (exact) mass is 595 g/mol. The van der Waals surface area contributed by atoms with E-state index in [0.29, 0.717) is 0 Å². The van der Waals surface area contributed by atoms with Gasteiger partial charge in [0.25, 0.3) is 0 Å². The van der Waals surface area contributed by atoms with Gasteiger partial charge in [0.15, 0.2) is 0 Å². The Labute approximate surface area is 187 Å². The fourth-order valence-electron chi connectivity index (χ4n) is 1.53. The van der Waals surface area contributed by atoms with Crippen LogP contribution in [0.25, 0.3) is 0 Å². The fourth-order valence-corrected chi connectivity index (χ4v) is 1.53. The molecule has 0 aromatic carbocycles. The molecule has 1 radical (unpaired) electrons. The van der Waals surface area contributed by atoms with Crippen molar-refractivity contribution in [2.45, 2.75) is 61.5 Å². The molecule has 2 atom stereocenters. The normalized spacial score (nSPS) is 14.2. The first-order chi connectivity index (χ1) is 8.65. The molecule has 2 N–H and O–H groups in total. The minimum atomic E-state index is -0.368. The van der Waals surface area contributed by atoms with Gasteiger partial charge in [-0.2, -0.15) is 19.3 Å². The predicted molar refractivity (Wildman–Crippen MR) is 82.9 cm³/mol. The molecule has 22 heavy (non-hydrogen) atoms. The van der Waals surface area contributed by atoms with E-state index in [2.05, 4.69) is 58.5 Å². The Hall–Kier alpha value is 2.13. The van der Waals surface area contributed by atoms with Gasteiger partial charge in [-0.15, -0.1) is 5.41 Å². The van der Waals surface area contributed by atoms with Crippen LogP contribution in [-0.4, -0.2) is 32.9 Å². The van der Waals surface area contributed by atoms with Gasteiger partial charge < -0.3 is 17.9 Å². The molecule has 0 aliphatic rings. The minimum absolute atomic E-state index is 0. The molecule has 0 aromatic rings. The first-order valence-corrected chi connectivity index (χ1v) is 7.64. The summed E-state index contributed by atoms with van der Waals surface area (Å²) in [5.74, 6) is 1.58. The quantitative estimate of drug-likeness (QED) is 0.379. The van der Waals surface area contributed by atoms with E-state index in [1.165, 1.54) is 5.92 Å². The Balaban J connectivity index is -0.000000174. The second-order valence-electron chi connectivity index (χ2n) is 7.01. The molecule has 3 nitrogen and oxygen atoms in total. The maximum atomic E-state index is 10.2. The van der Waals surface area contributed by atoms with Crippen molar-refractivity contribution < 1.29 is 81.1 Å². The summed E-state index contributed by atoms with van der Waals surface area (Å²) in [6.45, 7) is 20.5.